The molecule has 0 radical (unpaired) electrons. The Balaban J connectivity index is 1.47. The Bertz CT molecular complexity index is 871. The Labute approximate surface area is 159 Å². The number of benzene rings is 3. The molecule has 0 aliphatic heterocycles. The summed E-state index contributed by atoms with van der Waals surface area (Å²) in [6.07, 6.45) is 0.447. The molecule has 0 aliphatic rings. The van der Waals surface area contributed by atoms with Gasteiger partial charge in [0.1, 0.15) is 0 Å². The fourth-order valence-corrected chi connectivity index (χ4v) is 3.16. The lowest BCUT2D eigenvalue weighted by Crippen LogP contribution is -2.28. The molecule has 2 N–H and O–H groups in total. The number of hydrogen-bond acceptors (Lipinski definition) is 2. The minimum absolute atomic E-state index is 0.0394. The van der Waals surface area contributed by atoms with Gasteiger partial charge in [0.25, 0.3) is 0 Å². The first-order valence-electron chi connectivity index (χ1n) is 8.85. The third kappa shape index (κ3) is 4.84. The highest BCUT2D eigenvalue weighted by atomic mass is 35.5. The number of amides is 1. The van der Waals surface area contributed by atoms with E-state index in [-0.39, 0.29) is 11.9 Å². The van der Waals surface area contributed by atoms with Gasteiger partial charge in [-0.1, -0.05) is 66.2 Å². The van der Waals surface area contributed by atoms with Crippen LogP contribution in [0.2, 0.25) is 5.02 Å². The summed E-state index contributed by atoms with van der Waals surface area (Å²) in [7, 11) is 0. The predicted molar refractivity (Wildman–Crippen MR) is 108 cm³/mol. The van der Waals surface area contributed by atoms with Crippen LogP contribution in [0.25, 0.3) is 10.8 Å². The lowest BCUT2D eigenvalue weighted by Gasteiger charge is -2.16. The summed E-state index contributed by atoms with van der Waals surface area (Å²) >= 11 is 5.86. The molecule has 3 nitrogen and oxygen atoms in total. The van der Waals surface area contributed by atoms with Gasteiger partial charge in [-0.2, -0.15) is 0 Å². The molecule has 0 saturated heterocycles. The van der Waals surface area contributed by atoms with Crippen molar-refractivity contribution in [1.29, 1.82) is 0 Å². The van der Waals surface area contributed by atoms with E-state index in [1.54, 1.807) is 0 Å². The lowest BCUT2D eigenvalue weighted by molar-refractivity contribution is -0.121. The van der Waals surface area contributed by atoms with Crippen molar-refractivity contribution in [2.75, 3.05) is 6.54 Å². The van der Waals surface area contributed by atoms with Gasteiger partial charge in [-0.05, 0) is 41.0 Å². The summed E-state index contributed by atoms with van der Waals surface area (Å²) in [6, 6.07) is 22.4. The highest BCUT2D eigenvalue weighted by Gasteiger charge is 2.09. The molecule has 134 valence electrons. The Morgan fingerprint density at radius 1 is 1.00 bits per heavy atom. The number of fused-ring (bicyclic) bond motifs is 1. The Morgan fingerprint density at radius 2 is 1.73 bits per heavy atom. The second-order valence-electron chi connectivity index (χ2n) is 6.40. The van der Waals surface area contributed by atoms with Crippen molar-refractivity contribution in [1.82, 2.24) is 10.6 Å². The van der Waals surface area contributed by atoms with Crippen molar-refractivity contribution in [3.8, 4) is 0 Å². The van der Waals surface area contributed by atoms with E-state index < -0.39 is 0 Å². The van der Waals surface area contributed by atoms with E-state index in [4.69, 9.17) is 11.6 Å². The number of nitrogens with one attached hydrogen (secondary N) is 2. The van der Waals surface area contributed by atoms with Gasteiger partial charge < -0.3 is 10.6 Å². The number of rotatable bonds is 7. The van der Waals surface area contributed by atoms with Crippen LogP contribution in [0.15, 0.2) is 66.7 Å². The molecule has 0 aromatic heterocycles. The van der Waals surface area contributed by atoms with Gasteiger partial charge in [-0.25, -0.2) is 0 Å². The zero-order valence-corrected chi connectivity index (χ0v) is 15.6. The molecule has 3 rings (SSSR count). The first-order valence-corrected chi connectivity index (χ1v) is 9.23. The molecule has 1 amide bonds. The van der Waals surface area contributed by atoms with Crippen molar-refractivity contribution in [3.05, 3.63) is 82.9 Å². The van der Waals surface area contributed by atoms with Crippen molar-refractivity contribution in [2.45, 2.75) is 25.9 Å². The molecule has 4 heteroatoms. The van der Waals surface area contributed by atoms with Crippen LogP contribution in [0, 0.1) is 0 Å². The fraction of sp³-hybridized carbons (Fsp3) is 0.227. The van der Waals surface area contributed by atoms with Crippen LogP contribution in [0.1, 0.15) is 30.5 Å². The Kier molecular flexibility index (Phi) is 6.26. The monoisotopic (exact) mass is 366 g/mol. The minimum atomic E-state index is 0.0394. The number of halogens is 1. The van der Waals surface area contributed by atoms with E-state index in [1.807, 2.05) is 24.3 Å². The van der Waals surface area contributed by atoms with Gasteiger partial charge in [-0.15, -0.1) is 0 Å². The average Bonchev–Trinajstić information content (AvgIpc) is 2.67. The second-order valence-corrected chi connectivity index (χ2v) is 6.83. The zero-order chi connectivity index (χ0) is 18.4. The molecule has 3 aromatic rings. The van der Waals surface area contributed by atoms with Crippen LogP contribution in [-0.4, -0.2) is 12.5 Å². The van der Waals surface area contributed by atoms with E-state index >= 15 is 0 Å². The van der Waals surface area contributed by atoms with Gasteiger partial charge in [-0.3, -0.25) is 4.79 Å². The Morgan fingerprint density at radius 3 is 2.54 bits per heavy atom. The quantitative estimate of drug-likeness (QED) is 0.627. The number of carbonyl (C=O) groups excluding carboxylic acids is 1. The molecule has 0 spiro atoms. The molecule has 0 aliphatic carbocycles. The summed E-state index contributed by atoms with van der Waals surface area (Å²) < 4.78 is 0. The fourth-order valence-electron chi connectivity index (χ4n) is 3.03. The SMILES string of the molecule is C[C@@H](NCCC(=O)NCc1ccc(Cl)cc1)c1cccc2ccccc12. The summed E-state index contributed by atoms with van der Waals surface area (Å²) in [5, 5.41) is 9.58. The van der Waals surface area contributed by atoms with Crippen molar-refractivity contribution < 1.29 is 4.79 Å². The lowest BCUT2D eigenvalue weighted by atomic mass is 10.00. The largest absolute Gasteiger partial charge is 0.352 e. The first-order chi connectivity index (χ1) is 12.6. The third-order valence-electron chi connectivity index (χ3n) is 4.50. The van der Waals surface area contributed by atoms with E-state index in [1.165, 1.54) is 16.3 Å². The van der Waals surface area contributed by atoms with E-state index in [2.05, 4.69) is 60.0 Å². The van der Waals surface area contributed by atoms with Crippen molar-refractivity contribution in [2.24, 2.45) is 0 Å². The molecule has 0 bridgehead atoms. The molecule has 0 saturated carbocycles. The molecular formula is C22H23ClN2O. The van der Waals surface area contributed by atoms with Crippen molar-refractivity contribution >= 4 is 28.3 Å². The molecule has 26 heavy (non-hydrogen) atoms. The molecule has 0 unspecified atom stereocenters. The molecule has 0 heterocycles. The van der Waals surface area contributed by atoms with Gasteiger partial charge in [0.15, 0.2) is 0 Å². The van der Waals surface area contributed by atoms with Crippen LogP contribution in [0.3, 0.4) is 0 Å². The third-order valence-corrected chi connectivity index (χ3v) is 4.75. The summed E-state index contributed by atoms with van der Waals surface area (Å²) in [4.78, 5) is 12.0. The number of hydrogen-bond donors (Lipinski definition) is 2. The topological polar surface area (TPSA) is 41.1 Å². The van der Waals surface area contributed by atoms with Gasteiger partial charge >= 0.3 is 0 Å². The second kappa shape index (κ2) is 8.84. The van der Waals surface area contributed by atoms with E-state index in [0.29, 0.717) is 24.5 Å². The summed E-state index contributed by atoms with van der Waals surface area (Å²) in [5.74, 6) is 0.0394. The maximum absolute atomic E-state index is 12.0. The molecular weight excluding hydrogens is 344 g/mol. The van der Waals surface area contributed by atoms with Crippen molar-refractivity contribution in [3.63, 3.8) is 0 Å². The summed E-state index contributed by atoms with van der Waals surface area (Å²) in [6.45, 7) is 3.29. The maximum atomic E-state index is 12.0. The smallest absolute Gasteiger partial charge is 0.221 e. The van der Waals surface area contributed by atoms with Gasteiger partial charge in [0, 0.05) is 30.6 Å². The number of carbonyl (C=O) groups is 1. The van der Waals surface area contributed by atoms with Crippen LogP contribution in [-0.2, 0) is 11.3 Å². The molecule has 1 atom stereocenters. The standard InChI is InChI=1S/C22H23ClN2O/c1-16(20-8-4-6-18-5-2-3-7-21(18)20)24-14-13-22(26)25-15-17-9-11-19(23)12-10-17/h2-12,16,24H,13-15H2,1H3,(H,25,26)/t16-/m1/s1. The highest BCUT2D eigenvalue weighted by Crippen LogP contribution is 2.23. The van der Waals surface area contributed by atoms with E-state index in [0.717, 1.165) is 5.56 Å². The predicted octanol–water partition coefficient (Wildman–Crippen LogP) is 4.85. The Hall–Kier alpha value is -2.36. The highest BCUT2D eigenvalue weighted by molar-refractivity contribution is 6.30. The average molecular weight is 367 g/mol. The zero-order valence-electron chi connectivity index (χ0n) is 14.8. The molecule has 0 fully saturated rings. The first kappa shape index (κ1) is 18.4. The maximum Gasteiger partial charge on any atom is 0.221 e. The van der Waals surface area contributed by atoms with Crippen LogP contribution in [0.5, 0.6) is 0 Å². The molecule has 3 aromatic carbocycles. The minimum Gasteiger partial charge on any atom is -0.352 e. The van der Waals surface area contributed by atoms with Gasteiger partial charge in [0.2, 0.25) is 5.91 Å². The van der Waals surface area contributed by atoms with Gasteiger partial charge in [0.05, 0.1) is 0 Å². The van der Waals surface area contributed by atoms with Crippen LogP contribution >= 0.6 is 11.6 Å². The van der Waals surface area contributed by atoms with Crippen LogP contribution < -0.4 is 10.6 Å². The van der Waals surface area contributed by atoms with Crippen LogP contribution in [0.4, 0.5) is 0 Å². The van der Waals surface area contributed by atoms with E-state index in [9.17, 15) is 4.79 Å². The normalized spacial score (nSPS) is 12.1. The summed E-state index contributed by atoms with van der Waals surface area (Å²) in [5.41, 5.74) is 2.30.